The zero-order chi connectivity index (χ0) is 14.8. The van der Waals surface area contributed by atoms with Crippen LogP contribution in [0.1, 0.15) is 41.8 Å². The van der Waals surface area contributed by atoms with E-state index in [0.29, 0.717) is 6.07 Å². The molecule has 0 bridgehead atoms. The Morgan fingerprint density at radius 3 is 2.26 bits per heavy atom. The quantitative estimate of drug-likeness (QED) is 0.609. The highest BCUT2D eigenvalue weighted by Gasteiger charge is 2.39. The Balaban J connectivity index is 3.61. The molecule has 106 valence electrons. The topological polar surface area (TPSA) is 26.3 Å². The van der Waals surface area contributed by atoms with Crippen LogP contribution in [0.25, 0.3) is 0 Å². The van der Waals surface area contributed by atoms with Gasteiger partial charge in [-0.05, 0) is 26.0 Å². The van der Waals surface area contributed by atoms with Crippen LogP contribution in [-0.4, -0.2) is 12.4 Å². The Labute approximate surface area is 106 Å². The van der Waals surface area contributed by atoms with E-state index >= 15 is 0 Å². The van der Waals surface area contributed by atoms with Crippen molar-refractivity contribution in [3.05, 3.63) is 28.8 Å². The van der Waals surface area contributed by atoms with Gasteiger partial charge in [0.15, 0.2) is 5.78 Å². The molecule has 1 aromatic rings. The van der Waals surface area contributed by atoms with Crippen molar-refractivity contribution in [1.29, 1.82) is 0 Å². The maximum Gasteiger partial charge on any atom is 0.417 e. The lowest BCUT2D eigenvalue weighted by molar-refractivity contribution is -0.139. The Kier molecular flexibility index (Phi) is 4.49. The van der Waals surface area contributed by atoms with Crippen LogP contribution in [0, 0.1) is 0 Å². The van der Waals surface area contributed by atoms with Crippen molar-refractivity contribution in [2.45, 2.75) is 26.4 Å². The minimum absolute atomic E-state index is 0.0887. The first-order valence-electron chi connectivity index (χ1n) is 5.35. The Bertz CT molecular complexity index is 480. The third kappa shape index (κ3) is 3.42. The second kappa shape index (κ2) is 5.54. The molecule has 0 amide bonds. The first kappa shape index (κ1) is 15.4. The molecule has 1 rings (SSSR count). The van der Waals surface area contributed by atoms with Crippen LogP contribution in [0.4, 0.5) is 22.0 Å². The first-order valence-corrected chi connectivity index (χ1v) is 5.35. The van der Waals surface area contributed by atoms with E-state index in [0.717, 1.165) is 13.0 Å². The summed E-state index contributed by atoms with van der Waals surface area (Å²) in [5, 5.41) is 0. The van der Waals surface area contributed by atoms with Crippen molar-refractivity contribution in [3.63, 3.8) is 0 Å². The van der Waals surface area contributed by atoms with Gasteiger partial charge in [-0.1, -0.05) is 0 Å². The summed E-state index contributed by atoms with van der Waals surface area (Å²) < 4.78 is 68.9. The van der Waals surface area contributed by atoms with Gasteiger partial charge in [0, 0.05) is 11.1 Å². The molecular weight excluding hydrogens is 271 g/mol. The predicted octanol–water partition coefficient (Wildman–Crippen LogP) is 4.24. The molecule has 1 aromatic carbocycles. The summed E-state index contributed by atoms with van der Waals surface area (Å²) in [5.41, 5.74) is -3.66. The minimum Gasteiger partial charge on any atom is -0.494 e. The lowest BCUT2D eigenvalue weighted by Gasteiger charge is -2.17. The number of hydrogen-bond donors (Lipinski definition) is 0. The number of rotatable bonds is 4. The predicted molar refractivity (Wildman–Crippen MR) is 57.6 cm³/mol. The van der Waals surface area contributed by atoms with E-state index in [2.05, 4.69) is 0 Å². The molecule has 7 heteroatoms. The number of alkyl halides is 5. The highest BCUT2D eigenvalue weighted by atomic mass is 19.4. The van der Waals surface area contributed by atoms with Crippen LogP contribution in [0.2, 0.25) is 0 Å². The van der Waals surface area contributed by atoms with E-state index in [1.54, 1.807) is 6.92 Å². The van der Waals surface area contributed by atoms with Gasteiger partial charge in [0.05, 0.1) is 12.2 Å². The van der Waals surface area contributed by atoms with Crippen molar-refractivity contribution in [1.82, 2.24) is 0 Å². The number of carbonyl (C=O) groups excluding carboxylic acids is 1. The maximum atomic E-state index is 12.8. The van der Waals surface area contributed by atoms with Crippen molar-refractivity contribution < 1.29 is 31.5 Å². The molecule has 0 aromatic heterocycles. The second-order valence-electron chi connectivity index (χ2n) is 3.72. The van der Waals surface area contributed by atoms with Crippen molar-refractivity contribution in [2.24, 2.45) is 0 Å². The van der Waals surface area contributed by atoms with Crippen LogP contribution in [0.3, 0.4) is 0 Å². The highest BCUT2D eigenvalue weighted by molar-refractivity contribution is 5.96. The zero-order valence-electron chi connectivity index (χ0n) is 10.1. The molecule has 2 nitrogen and oxygen atoms in total. The van der Waals surface area contributed by atoms with Gasteiger partial charge in [0.1, 0.15) is 5.75 Å². The molecule has 19 heavy (non-hydrogen) atoms. The molecule has 0 spiro atoms. The number of Topliss-reactive ketones (excluding diaryl/α,β-unsaturated/α-hetero) is 1. The minimum atomic E-state index is -5.03. The largest absolute Gasteiger partial charge is 0.494 e. The summed E-state index contributed by atoms with van der Waals surface area (Å²) in [7, 11) is 0. The van der Waals surface area contributed by atoms with E-state index in [4.69, 9.17) is 4.74 Å². The van der Waals surface area contributed by atoms with Crippen LogP contribution >= 0.6 is 0 Å². The SMILES string of the molecule is CCOc1cc(C(C)=O)c(C(F)(F)F)c(C(F)F)c1. The molecule has 0 atom stereocenters. The Morgan fingerprint density at radius 2 is 1.89 bits per heavy atom. The number of ketones is 1. The van der Waals surface area contributed by atoms with E-state index in [9.17, 15) is 26.7 Å². The van der Waals surface area contributed by atoms with E-state index in [-0.39, 0.29) is 12.4 Å². The molecule has 0 aliphatic heterocycles. The van der Waals surface area contributed by atoms with Crippen molar-refractivity contribution in [3.8, 4) is 5.75 Å². The van der Waals surface area contributed by atoms with Crippen LogP contribution in [-0.2, 0) is 6.18 Å². The van der Waals surface area contributed by atoms with E-state index < -0.39 is 35.1 Å². The molecule has 0 aliphatic rings. The first-order chi connectivity index (χ1) is 8.68. The summed E-state index contributed by atoms with van der Waals surface area (Å²) in [5.74, 6) is -1.13. The molecule has 0 saturated heterocycles. The monoisotopic (exact) mass is 282 g/mol. The number of hydrogen-bond acceptors (Lipinski definition) is 2. The number of benzene rings is 1. The van der Waals surface area contributed by atoms with Crippen LogP contribution in [0.5, 0.6) is 5.75 Å². The zero-order valence-corrected chi connectivity index (χ0v) is 10.1. The molecule has 0 aliphatic carbocycles. The van der Waals surface area contributed by atoms with Gasteiger partial charge >= 0.3 is 6.18 Å². The van der Waals surface area contributed by atoms with E-state index in [1.165, 1.54) is 0 Å². The van der Waals surface area contributed by atoms with Crippen molar-refractivity contribution in [2.75, 3.05) is 6.61 Å². The maximum absolute atomic E-state index is 12.8. The lowest BCUT2D eigenvalue weighted by Crippen LogP contribution is -2.16. The Morgan fingerprint density at radius 1 is 1.32 bits per heavy atom. The number of carbonyl (C=O) groups is 1. The molecule has 0 N–H and O–H groups in total. The molecule has 0 saturated carbocycles. The normalized spacial score (nSPS) is 11.8. The second-order valence-corrected chi connectivity index (χ2v) is 3.72. The lowest BCUT2D eigenvalue weighted by atomic mass is 9.97. The fraction of sp³-hybridized carbons (Fsp3) is 0.417. The average Bonchev–Trinajstić information content (AvgIpc) is 2.26. The average molecular weight is 282 g/mol. The third-order valence-electron chi connectivity index (χ3n) is 2.35. The van der Waals surface area contributed by atoms with Gasteiger partial charge in [0.25, 0.3) is 6.43 Å². The van der Waals surface area contributed by atoms with Gasteiger partial charge in [-0.15, -0.1) is 0 Å². The highest BCUT2D eigenvalue weighted by Crippen LogP contribution is 2.41. The molecule has 0 radical (unpaired) electrons. The molecule has 0 fully saturated rings. The van der Waals surface area contributed by atoms with Gasteiger partial charge < -0.3 is 4.74 Å². The van der Waals surface area contributed by atoms with E-state index in [1.807, 2.05) is 0 Å². The summed E-state index contributed by atoms with van der Waals surface area (Å²) in [4.78, 5) is 11.2. The van der Waals surface area contributed by atoms with Crippen molar-refractivity contribution >= 4 is 5.78 Å². The Hall–Kier alpha value is -1.66. The number of ether oxygens (including phenoxy) is 1. The molecular formula is C12H11F5O2. The molecule has 0 heterocycles. The van der Waals surface area contributed by atoms with Gasteiger partial charge in [-0.25, -0.2) is 8.78 Å². The number of halogens is 5. The third-order valence-corrected chi connectivity index (χ3v) is 2.35. The van der Waals surface area contributed by atoms with Gasteiger partial charge in [-0.3, -0.25) is 4.79 Å². The van der Waals surface area contributed by atoms with Crippen LogP contribution in [0.15, 0.2) is 12.1 Å². The fourth-order valence-corrected chi connectivity index (χ4v) is 1.65. The smallest absolute Gasteiger partial charge is 0.417 e. The fourth-order valence-electron chi connectivity index (χ4n) is 1.65. The summed E-state index contributed by atoms with van der Waals surface area (Å²) in [6, 6.07) is 1.45. The summed E-state index contributed by atoms with van der Waals surface area (Å²) >= 11 is 0. The summed E-state index contributed by atoms with van der Waals surface area (Å²) in [6.45, 7) is 2.52. The molecule has 0 unspecified atom stereocenters. The van der Waals surface area contributed by atoms with Crippen LogP contribution < -0.4 is 4.74 Å². The van der Waals surface area contributed by atoms with Gasteiger partial charge in [-0.2, -0.15) is 13.2 Å². The standard InChI is InChI=1S/C12H11F5O2/c1-3-19-7-4-8(6(2)18)10(12(15,16)17)9(5-7)11(13)14/h4-5,11H,3H2,1-2H3. The van der Waals surface area contributed by atoms with Gasteiger partial charge in [0.2, 0.25) is 0 Å². The summed E-state index contributed by atoms with van der Waals surface area (Å²) in [6.07, 6.45) is -8.38.